The van der Waals surface area contributed by atoms with Crippen LogP contribution in [-0.2, 0) is 11.3 Å². The van der Waals surface area contributed by atoms with E-state index in [9.17, 15) is 0 Å². The van der Waals surface area contributed by atoms with Crippen LogP contribution in [0.4, 0.5) is 0 Å². The molecule has 0 amide bonds. The van der Waals surface area contributed by atoms with Crippen LogP contribution in [0, 0.1) is 0 Å². The van der Waals surface area contributed by atoms with Gasteiger partial charge in [0.2, 0.25) is 0 Å². The number of hydrogen-bond donors (Lipinski definition) is 1. The Morgan fingerprint density at radius 3 is 2.76 bits per heavy atom. The number of benzene rings is 1. The number of rotatable bonds is 7. The Balaban J connectivity index is 2.35. The quantitative estimate of drug-likeness (QED) is 0.786. The van der Waals surface area contributed by atoms with Gasteiger partial charge in [-0.05, 0) is 23.8 Å². The molecule has 0 unspecified atom stereocenters. The van der Waals surface area contributed by atoms with E-state index >= 15 is 0 Å². The number of hydrogen-bond acceptors (Lipinski definition) is 3. The fourth-order valence-electron chi connectivity index (χ4n) is 1.39. The first-order valence-corrected chi connectivity index (χ1v) is 6.56. The summed E-state index contributed by atoms with van der Waals surface area (Å²) in [5.74, 6) is 0.854. The Bertz CT molecular complexity index is 342. The van der Waals surface area contributed by atoms with Crippen LogP contribution in [0.25, 0.3) is 0 Å². The minimum atomic E-state index is 0.502. The molecule has 0 aliphatic heterocycles. The van der Waals surface area contributed by atoms with Crippen molar-refractivity contribution in [2.75, 3.05) is 20.3 Å². The summed E-state index contributed by atoms with van der Waals surface area (Å²) in [6.45, 7) is 6.43. The summed E-state index contributed by atoms with van der Waals surface area (Å²) in [6, 6.07) is 6.39. The second-order valence-corrected chi connectivity index (χ2v) is 4.97. The molecule has 96 valence electrons. The lowest BCUT2D eigenvalue weighted by Crippen LogP contribution is -2.26. The molecule has 3 nitrogen and oxygen atoms in total. The molecule has 0 bridgehead atoms. The Morgan fingerprint density at radius 1 is 1.35 bits per heavy atom. The minimum Gasteiger partial charge on any atom is -0.497 e. The molecular weight excluding hydrogens is 282 g/mol. The highest BCUT2D eigenvalue weighted by Crippen LogP contribution is 2.22. The average molecular weight is 302 g/mol. The van der Waals surface area contributed by atoms with Crippen LogP contribution >= 0.6 is 15.9 Å². The third-order valence-corrected chi connectivity index (χ3v) is 3.08. The third-order valence-electron chi connectivity index (χ3n) is 2.31. The molecule has 0 saturated heterocycles. The highest BCUT2D eigenvalue weighted by atomic mass is 79.9. The Morgan fingerprint density at radius 2 is 2.12 bits per heavy atom. The van der Waals surface area contributed by atoms with Crippen molar-refractivity contribution < 1.29 is 9.47 Å². The van der Waals surface area contributed by atoms with Gasteiger partial charge in [0.15, 0.2) is 0 Å². The van der Waals surface area contributed by atoms with Gasteiger partial charge in [0, 0.05) is 17.1 Å². The maximum atomic E-state index is 5.60. The average Bonchev–Trinajstić information content (AvgIpc) is 2.30. The maximum Gasteiger partial charge on any atom is 0.119 e. The van der Waals surface area contributed by atoms with Crippen molar-refractivity contribution in [2.45, 2.75) is 26.5 Å². The van der Waals surface area contributed by atoms with Gasteiger partial charge in [-0.2, -0.15) is 0 Å². The minimum absolute atomic E-state index is 0.502. The molecule has 0 atom stereocenters. The molecule has 1 aromatic carbocycles. The van der Waals surface area contributed by atoms with Gasteiger partial charge >= 0.3 is 0 Å². The molecule has 1 N–H and O–H groups in total. The Kier molecular flexibility index (Phi) is 6.55. The fraction of sp³-hybridized carbons (Fsp3) is 0.538. The summed E-state index contributed by atoms with van der Waals surface area (Å²) >= 11 is 3.50. The predicted molar refractivity (Wildman–Crippen MR) is 73.5 cm³/mol. The lowest BCUT2D eigenvalue weighted by molar-refractivity contribution is 0.121. The smallest absolute Gasteiger partial charge is 0.119 e. The molecule has 1 aromatic rings. The van der Waals surface area contributed by atoms with Crippen molar-refractivity contribution in [3.05, 3.63) is 28.2 Å². The topological polar surface area (TPSA) is 30.5 Å². The van der Waals surface area contributed by atoms with Crippen LogP contribution in [0.3, 0.4) is 0 Å². The Hall–Kier alpha value is -0.580. The predicted octanol–water partition coefficient (Wildman–Crippen LogP) is 2.97. The zero-order chi connectivity index (χ0) is 12.7. The summed E-state index contributed by atoms with van der Waals surface area (Å²) in [6.07, 6.45) is 0. The van der Waals surface area contributed by atoms with Gasteiger partial charge in [0.25, 0.3) is 0 Å². The second-order valence-electron chi connectivity index (χ2n) is 4.12. The Labute approximate surface area is 112 Å². The zero-order valence-corrected chi connectivity index (χ0v) is 12.2. The van der Waals surface area contributed by atoms with Crippen molar-refractivity contribution in [3.63, 3.8) is 0 Å². The van der Waals surface area contributed by atoms with E-state index in [-0.39, 0.29) is 0 Å². The van der Waals surface area contributed by atoms with Crippen LogP contribution < -0.4 is 10.1 Å². The van der Waals surface area contributed by atoms with Crippen LogP contribution in [0.1, 0.15) is 19.4 Å². The normalized spacial score (nSPS) is 10.9. The monoisotopic (exact) mass is 301 g/mol. The van der Waals surface area contributed by atoms with E-state index < -0.39 is 0 Å². The van der Waals surface area contributed by atoms with Gasteiger partial charge in [-0.15, -0.1) is 0 Å². The third kappa shape index (κ3) is 5.52. The standard InChI is InChI=1S/C13H20BrNO2/c1-10(2)15-6-7-17-9-11-8-12(16-3)4-5-13(11)14/h4-5,8,10,15H,6-7,9H2,1-3H3. The van der Waals surface area contributed by atoms with Gasteiger partial charge in [-0.3, -0.25) is 0 Å². The fourth-order valence-corrected chi connectivity index (χ4v) is 1.75. The molecule has 0 aromatic heterocycles. The zero-order valence-electron chi connectivity index (χ0n) is 10.6. The molecule has 1 rings (SSSR count). The van der Waals surface area contributed by atoms with Crippen LogP contribution in [0.15, 0.2) is 22.7 Å². The van der Waals surface area contributed by atoms with Gasteiger partial charge in [0.1, 0.15) is 5.75 Å². The lowest BCUT2D eigenvalue weighted by atomic mass is 10.2. The molecule has 0 aliphatic rings. The molecule has 0 spiro atoms. The van der Waals surface area contributed by atoms with E-state index in [1.807, 2.05) is 18.2 Å². The molecule has 0 radical (unpaired) electrons. The second kappa shape index (κ2) is 7.69. The molecule has 17 heavy (non-hydrogen) atoms. The number of methoxy groups -OCH3 is 1. The van der Waals surface area contributed by atoms with Crippen molar-refractivity contribution in [1.82, 2.24) is 5.32 Å². The van der Waals surface area contributed by atoms with E-state index in [1.165, 1.54) is 0 Å². The van der Waals surface area contributed by atoms with E-state index in [4.69, 9.17) is 9.47 Å². The SMILES string of the molecule is COc1ccc(Br)c(COCCNC(C)C)c1. The number of nitrogens with one attached hydrogen (secondary N) is 1. The summed E-state index contributed by atoms with van der Waals surface area (Å²) in [4.78, 5) is 0. The molecule has 0 aliphatic carbocycles. The maximum absolute atomic E-state index is 5.60. The van der Waals surface area contributed by atoms with Crippen LogP contribution in [0.2, 0.25) is 0 Å². The summed E-state index contributed by atoms with van der Waals surface area (Å²) < 4.78 is 11.8. The van der Waals surface area contributed by atoms with Crippen molar-refractivity contribution in [2.24, 2.45) is 0 Å². The molecule has 0 heterocycles. The van der Waals surface area contributed by atoms with Gasteiger partial charge in [0.05, 0.1) is 20.3 Å². The number of ether oxygens (including phenoxy) is 2. The highest BCUT2D eigenvalue weighted by Gasteiger charge is 2.02. The summed E-state index contributed by atoms with van der Waals surface area (Å²) in [7, 11) is 1.67. The summed E-state index contributed by atoms with van der Waals surface area (Å²) in [5.41, 5.74) is 1.11. The first-order chi connectivity index (χ1) is 8.13. The first-order valence-electron chi connectivity index (χ1n) is 5.77. The molecular formula is C13H20BrNO2. The largest absolute Gasteiger partial charge is 0.497 e. The van der Waals surface area contributed by atoms with E-state index in [2.05, 4.69) is 35.1 Å². The molecule has 0 fully saturated rings. The van der Waals surface area contributed by atoms with Gasteiger partial charge < -0.3 is 14.8 Å². The lowest BCUT2D eigenvalue weighted by Gasteiger charge is -2.10. The molecule has 4 heteroatoms. The van der Waals surface area contributed by atoms with Crippen LogP contribution in [-0.4, -0.2) is 26.3 Å². The first kappa shape index (κ1) is 14.5. The number of halogens is 1. The van der Waals surface area contributed by atoms with E-state index in [1.54, 1.807) is 7.11 Å². The van der Waals surface area contributed by atoms with Gasteiger partial charge in [-0.1, -0.05) is 29.8 Å². The highest BCUT2D eigenvalue weighted by molar-refractivity contribution is 9.10. The van der Waals surface area contributed by atoms with Crippen molar-refractivity contribution in [3.8, 4) is 5.75 Å². The molecule has 0 saturated carbocycles. The van der Waals surface area contributed by atoms with Crippen molar-refractivity contribution in [1.29, 1.82) is 0 Å². The van der Waals surface area contributed by atoms with Crippen LogP contribution in [0.5, 0.6) is 5.75 Å². The summed E-state index contributed by atoms with van der Waals surface area (Å²) in [5, 5.41) is 3.31. The van der Waals surface area contributed by atoms with E-state index in [0.717, 1.165) is 22.3 Å². The van der Waals surface area contributed by atoms with Crippen molar-refractivity contribution >= 4 is 15.9 Å². The van der Waals surface area contributed by atoms with Gasteiger partial charge in [-0.25, -0.2) is 0 Å². The van der Waals surface area contributed by atoms with E-state index in [0.29, 0.717) is 19.3 Å².